The molecule has 3 nitrogen and oxygen atoms in total. The Hall–Kier alpha value is -0.570. The zero-order valence-electron chi connectivity index (χ0n) is 9.92. The number of hydrogen-bond acceptors (Lipinski definition) is 3. The summed E-state index contributed by atoms with van der Waals surface area (Å²) < 4.78 is 5.42. The molecule has 88 valence electrons. The lowest BCUT2D eigenvalue weighted by Gasteiger charge is -2.16. The Bertz CT molecular complexity index is 184. The summed E-state index contributed by atoms with van der Waals surface area (Å²) in [4.78, 5) is 11.4. The fourth-order valence-electron chi connectivity index (χ4n) is 1.87. The van der Waals surface area contributed by atoms with E-state index in [-0.39, 0.29) is 12.1 Å². The first-order valence-corrected chi connectivity index (χ1v) is 6.11. The van der Waals surface area contributed by atoms with E-state index >= 15 is 0 Å². The van der Waals surface area contributed by atoms with Crippen LogP contribution in [0.2, 0.25) is 0 Å². The maximum absolute atomic E-state index is 11.4. The Balaban J connectivity index is 2.17. The van der Waals surface area contributed by atoms with Gasteiger partial charge in [-0.1, -0.05) is 26.7 Å². The van der Waals surface area contributed by atoms with Crippen molar-refractivity contribution >= 4 is 5.97 Å². The second-order valence-corrected chi connectivity index (χ2v) is 4.64. The average Bonchev–Trinajstić information content (AvgIpc) is 2.43. The van der Waals surface area contributed by atoms with E-state index in [0.717, 1.165) is 12.8 Å². The summed E-state index contributed by atoms with van der Waals surface area (Å²) in [7, 11) is 0. The predicted octanol–water partition coefficient (Wildman–Crippen LogP) is 2.25. The van der Waals surface area contributed by atoms with Crippen molar-refractivity contribution in [3.8, 4) is 0 Å². The standard InChI is InChI=1S/C12H23NO2/c1-10(2)13-9-12(14)15-11-7-5-3-4-6-8-11/h10-11,13H,3-9H2,1-2H3. The van der Waals surface area contributed by atoms with Crippen LogP contribution in [0.1, 0.15) is 52.4 Å². The maximum atomic E-state index is 11.4. The number of hydrogen-bond donors (Lipinski definition) is 1. The minimum absolute atomic E-state index is 0.101. The van der Waals surface area contributed by atoms with Crippen molar-refractivity contribution in [2.45, 2.75) is 64.5 Å². The van der Waals surface area contributed by atoms with Crippen molar-refractivity contribution in [3.63, 3.8) is 0 Å². The molecule has 0 unspecified atom stereocenters. The molecule has 0 aliphatic heterocycles. The van der Waals surface area contributed by atoms with E-state index in [1.54, 1.807) is 0 Å². The van der Waals surface area contributed by atoms with Gasteiger partial charge in [0.15, 0.2) is 0 Å². The zero-order chi connectivity index (χ0) is 11.1. The molecule has 0 spiro atoms. The molecular weight excluding hydrogens is 190 g/mol. The van der Waals surface area contributed by atoms with Gasteiger partial charge in [-0.2, -0.15) is 0 Å². The lowest BCUT2D eigenvalue weighted by molar-refractivity contribution is -0.148. The molecule has 1 N–H and O–H groups in total. The minimum atomic E-state index is -0.101. The van der Waals surface area contributed by atoms with Gasteiger partial charge >= 0.3 is 5.97 Å². The van der Waals surface area contributed by atoms with Crippen molar-refractivity contribution in [1.82, 2.24) is 5.32 Å². The second kappa shape index (κ2) is 6.83. The van der Waals surface area contributed by atoms with Gasteiger partial charge in [-0.05, 0) is 25.7 Å². The highest BCUT2D eigenvalue weighted by Crippen LogP contribution is 2.19. The summed E-state index contributed by atoms with van der Waals surface area (Å²) in [5.41, 5.74) is 0. The third kappa shape index (κ3) is 5.78. The third-order valence-corrected chi connectivity index (χ3v) is 2.75. The highest BCUT2D eigenvalue weighted by molar-refractivity contribution is 5.71. The number of nitrogens with one attached hydrogen (secondary N) is 1. The van der Waals surface area contributed by atoms with Crippen LogP contribution >= 0.6 is 0 Å². The van der Waals surface area contributed by atoms with Gasteiger partial charge in [-0.15, -0.1) is 0 Å². The van der Waals surface area contributed by atoms with Crippen LogP contribution in [0.15, 0.2) is 0 Å². The lowest BCUT2D eigenvalue weighted by atomic mass is 10.1. The van der Waals surface area contributed by atoms with Crippen LogP contribution in [0, 0.1) is 0 Å². The molecule has 1 aliphatic rings. The van der Waals surface area contributed by atoms with Gasteiger partial charge in [-0.25, -0.2) is 0 Å². The molecule has 0 aromatic heterocycles. The molecule has 0 bridgehead atoms. The minimum Gasteiger partial charge on any atom is -0.461 e. The van der Waals surface area contributed by atoms with Gasteiger partial charge < -0.3 is 10.1 Å². The fourth-order valence-corrected chi connectivity index (χ4v) is 1.87. The van der Waals surface area contributed by atoms with Crippen LogP contribution in [-0.2, 0) is 9.53 Å². The Morgan fingerprint density at radius 2 is 1.87 bits per heavy atom. The van der Waals surface area contributed by atoms with E-state index in [1.165, 1.54) is 25.7 Å². The van der Waals surface area contributed by atoms with Gasteiger partial charge in [0.05, 0.1) is 6.54 Å². The molecular formula is C12H23NO2. The molecule has 15 heavy (non-hydrogen) atoms. The summed E-state index contributed by atoms with van der Waals surface area (Å²) in [6.45, 7) is 4.39. The Labute approximate surface area is 92.6 Å². The van der Waals surface area contributed by atoms with Crippen LogP contribution in [0.3, 0.4) is 0 Å². The normalized spacial score (nSPS) is 18.9. The van der Waals surface area contributed by atoms with Crippen LogP contribution in [-0.4, -0.2) is 24.7 Å². The average molecular weight is 213 g/mol. The maximum Gasteiger partial charge on any atom is 0.320 e. The van der Waals surface area contributed by atoms with Crippen molar-refractivity contribution in [2.75, 3.05) is 6.54 Å². The number of carbonyl (C=O) groups is 1. The highest BCUT2D eigenvalue weighted by atomic mass is 16.5. The van der Waals surface area contributed by atoms with Gasteiger partial charge in [0.2, 0.25) is 0 Å². The van der Waals surface area contributed by atoms with Gasteiger partial charge in [0, 0.05) is 6.04 Å². The molecule has 0 saturated heterocycles. The number of esters is 1. The summed E-state index contributed by atoms with van der Waals surface area (Å²) >= 11 is 0. The van der Waals surface area contributed by atoms with E-state index in [2.05, 4.69) is 5.32 Å². The third-order valence-electron chi connectivity index (χ3n) is 2.75. The smallest absolute Gasteiger partial charge is 0.320 e. The summed E-state index contributed by atoms with van der Waals surface area (Å²) in [6.07, 6.45) is 7.26. The van der Waals surface area contributed by atoms with E-state index in [0.29, 0.717) is 12.6 Å². The van der Waals surface area contributed by atoms with E-state index < -0.39 is 0 Å². The van der Waals surface area contributed by atoms with E-state index in [1.807, 2.05) is 13.8 Å². The monoisotopic (exact) mass is 213 g/mol. The van der Waals surface area contributed by atoms with Crippen LogP contribution in [0.4, 0.5) is 0 Å². The first-order chi connectivity index (χ1) is 7.18. The predicted molar refractivity (Wildman–Crippen MR) is 60.7 cm³/mol. The lowest BCUT2D eigenvalue weighted by Crippen LogP contribution is -2.32. The molecule has 0 aromatic rings. The highest BCUT2D eigenvalue weighted by Gasteiger charge is 2.16. The quantitative estimate of drug-likeness (QED) is 0.575. The van der Waals surface area contributed by atoms with Gasteiger partial charge in [-0.3, -0.25) is 4.79 Å². The molecule has 3 heteroatoms. The van der Waals surface area contributed by atoms with Gasteiger partial charge in [0.1, 0.15) is 6.10 Å². The van der Waals surface area contributed by atoms with Crippen LogP contribution in [0.25, 0.3) is 0 Å². The van der Waals surface area contributed by atoms with Crippen molar-refractivity contribution in [2.24, 2.45) is 0 Å². The van der Waals surface area contributed by atoms with Crippen molar-refractivity contribution in [3.05, 3.63) is 0 Å². The Kier molecular flexibility index (Phi) is 5.69. The SMILES string of the molecule is CC(C)NCC(=O)OC1CCCCCC1. The van der Waals surface area contributed by atoms with Crippen LogP contribution < -0.4 is 5.32 Å². The summed E-state index contributed by atoms with van der Waals surface area (Å²) in [5, 5.41) is 3.08. The molecule has 0 heterocycles. The number of ether oxygens (including phenoxy) is 1. The van der Waals surface area contributed by atoms with Crippen LogP contribution in [0.5, 0.6) is 0 Å². The van der Waals surface area contributed by atoms with Crippen molar-refractivity contribution in [1.29, 1.82) is 0 Å². The topological polar surface area (TPSA) is 38.3 Å². The molecule has 0 aromatic carbocycles. The second-order valence-electron chi connectivity index (χ2n) is 4.64. The molecule has 0 radical (unpaired) electrons. The molecule has 1 fully saturated rings. The molecule has 0 atom stereocenters. The first kappa shape index (κ1) is 12.5. The van der Waals surface area contributed by atoms with E-state index in [9.17, 15) is 4.79 Å². The molecule has 1 aliphatic carbocycles. The number of rotatable bonds is 4. The number of carbonyl (C=O) groups excluding carboxylic acids is 1. The largest absolute Gasteiger partial charge is 0.461 e. The molecule has 1 saturated carbocycles. The first-order valence-electron chi connectivity index (χ1n) is 6.11. The zero-order valence-corrected chi connectivity index (χ0v) is 9.92. The van der Waals surface area contributed by atoms with Crippen molar-refractivity contribution < 1.29 is 9.53 Å². The molecule has 0 amide bonds. The molecule has 1 rings (SSSR count). The summed E-state index contributed by atoms with van der Waals surface area (Å²) in [5.74, 6) is -0.101. The fraction of sp³-hybridized carbons (Fsp3) is 0.917. The Morgan fingerprint density at radius 3 is 2.40 bits per heavy atom. The van der Waals surface area contributed by atoms with Gasteiger partial charge in [0.25, 0.3) is 0 Å². The van der Waals surface area contributed by atoms with E-state index in [4.69, 9.17) is 4.74 Å². The Morgan fingerprint density at radius 1 is 1.27 bits per heavy atom. The summed E-state index contributed by atoms with van der Waals surface area (Å²) in [6, 6.07) is 0.340.